The molecule has 0 bridgehead atoms. The van der Waals surface area contributed by atoms with E-state index in [9.17, 15) is 22.8 Å². The molecule has 0 unspecified atom stereocenters. The van der Waals surface area contributed by atoms with E-state index in [0.29, 0.717) is 48.9 Å². The number of ether oxygens (including phenoxy) is 1. The minimum Gasteiger partial charge on any atom is -0.494 e. The predicted octanol–water partition coefficient (Wildman–Crippen LogP) is 5.31. The number of pyridine rings is 2. The van der Waals surface area contributed by atoms with E-state index in [-0.39, 0.29) is 34.0 Å². The first-order valence-electron chi connectivity index (χ1n) is 12.4. The predicted molar refractivity (Wildman–Crippen MR) is 139 cm³/mol. The van der Waals surface area contributed by atoms with E-state index in [2.05, 4.69) is 15.3 Å². The number of amides is 1. The maximum Gasteiger partial charge on any atom is 0.333 e. The van der Waals surface area contributed by atoms with Crippen LogP contribution in [-0.2, 0) is 6.54 Å². The van der Waals surface area contributed by atoms with Crippen molar-refractivity contribution in [2.75, 3.05) is 7.11 Å². The van der Waals surface area contributed by atoms with Gasteiger partial charge in [0.2, 0.25) is 0 Å². The SMILES string of the molecule is COc1ccc(-n2c(=O)n(CC3CCC(NC(=O)c4cc(Cl)cnc4C(F)F)CC3)c3cnccc32)cc1F. The van der Waals surface area contributed by atoms with E-state index in [0.717, 1.165) is 6.20 Å². The molecule has 0 saturated heterocycles. The normalized spacial score (nSPS) is 17.5. The van der Waals surface area contributed by atoms with Gasteiger partial charge in [0.05, 0.1) is 40.6 Å². The maximum atomic E-state index is 14.4. The van der Waals surface area contributed by atoms with Crippen LogP contribution in [0, 0.1) is 11.7 Å². The molecular formula is C27H25ClF3N5O3. The first-order valence-corrected chi connectivity index (χ1v) is 12.8. The van der Waals surface area contributed by atoms with Gasteiger partial charge in [-0.05, 0) is 55.9 Å². The summed E-state index contributed by atoms with van der Waals surface area (Å²) in [6, 6.07) is 7.05. The van der Waals surface area contributed by atoms with E-state index in [1.807, 2.05) is 0 Å². The number of rotatable bonds is 7. The lowest BCUT2D eigenvalue weighted by molar-refractivity contribution is 0.0904. The van der Waals surface area contributed by atoms with Gasteiger partial charge in [-0.15, -0.1) is 0 Å². The van der Waals surface area contributed by atoms with Gasteiger partial charge in [0.25, 0.3) is 12.3 Å². The number of carbonyl (C=O) groups excluding carboxylic acids is 1. The van der Waals surface area contributed by atoms with Gasteiger partial charge in [-0.25, -0.2) is 18.0 Å². The zero-order chi connectivity index (χ0) is 27.7. The lowest BCUT2D eigenvalue weighted by Crippen LogP contribution is -2.39. The quantitative estimate of drug-likeness (QED) is 0.331. The number of benzene rings is 1. The summed E-state index contributed by atoms with van der Waals surface area (Å²) in [4.78, 5) is 34.0. The fourth-order valence-electron chi connectivity index (χ4n) is 5.14. The van der Waals surface area contributed by atoms with Crippen LogP contribution in [0.25, 0.3) is 16.7 Å². The zero-order valence-electron chi connectivity index (χ0n) is 20.9. The van der Waals surface area contributed by atoms with Crippen LogP contribution in [0.5, 0.6) is 5.75 Å². The molecule has 1 N–H and O–H groups in total. The zero-order valence-corrected chi connectivity index (χ0v) is 21.7. The summed E-state index contributed by atoms with van der Waals surface area (Å²) in [5, 5.41) is 2.93. The number of methoxy groups -OCH3 is 1. The van der Waals surface area contributed by atoms with Crippen LogP contribution in [0.15, 0.2) is 53.7 Å². The molecule has 8 nitrogen and oxygen atoms in total. The van der Waals surface area contributed by atoms with E-state index < -0.39 is 23.8 Å². The summed E-state index contributed by atoms with van der Waals surface area (Å²) in [5.74, 6) is -1.00. The van der Waals surface area contributed by atoms with Crippen LogP contribution in [-0.4, -0.2) is 38.2 Å². The molecule has 39 heavy (non-hydrogen) atoms. The molecular weight excluding hydrogens is 535 g/mol. The third-order valence-electron chi connectivity index (χ3n) is 7.08. The third kappa shape index (κ3) is 5.36. The Morgan fingerprint density at radius 3 is 2.62 bits per heavy atom. The summed E-state index contributed by atoms with van der Waals surface area (Å²) >= 11 is 5.88. The largest absolute Gasteiger partial charge is 0.494 e. The van der Waals surface area contributed by atoms with Gasteiger partial charge in [0.1, 0.15) is 5.69 Å². The van der Waals surface area contributed by atoms with Gasteiger partial charge in [0.15, 0.2) is 11.6 Å². The molecule has 0 radical (unpaired) electrons. The molecule has 1 aliphatic carbocycles. The summed E-state index contributed by atoms with van der Waals surface area (Å²) in [5.41, 5.74) is 0.449. The van der Waals surface area contributed by atoms with E-state index in [4.69, 9.17) is 16.3 Å². The first-order chi connectivity index (χ1) is 18.8. The fourth-order valence-corrected chi connectivity index (χ4v) is 5.30. The van der Waals surface area contributed by atoms with E-state index in [1.165, 1.54) is 29.9 Å². The second-order valence-electron chi connectivity index (χ2n) is 9.49. The molecule has 3 heterocycles. The van der Waals surface area contributed by atoms with Crippen LogP contribution in [0.3, 0.4) is 0 Å². The Hall–Kier alpha value is -3.86. The number of nitrogens with zero attached hydrogens (tertiary/aromatic N) is 4. The average Bonchev–Trinajstić information content (AvgIpc) is 3.20. The Morgan fingerprint density at radius 1 is 1.15 bits per heavy atom. The van der Waals surface area contributed by atoms with Crippen molar-refractivity contribution in [3.05, 3.63) is 81.5 Å². The molecule has 1 aromatic carbocycles. The van der Waals surface area contributed by atoms with Gasteiger partial charge in [-0.2, -0.15) is 0 Å². The summed E-state index contributed by atoms with van der Waals surface area (Å²) in [6.45, 7) is 0.418. The molecule has 1 aliphatic rings. The van der Waals surface area contributed by atoms with Crippen LogP contribution in [0.2, 0.25) is 5.02 Å². The first kappa shape index (κ1) is 26.7. The number of halogens is 4. The Labute approximate surface area is 226 Å². The van der Waals surface area contributed by atoms with Gasteiger partial charge in [0, 0.05) is 31.0 Å². The topological polar surface area (TPSA) is 91.0 Å². The second kappa shape index (κ2) is 11.1. The maximum absolute atomic E-state index is 14.4. The van der Waals surface area contributed by atoms with Crippen molar-refractivity contribution in [1.82, 2.24) is 24.4 Å². The highest BCUT2D eigenvalue weighted by atomic mass is 35.5. The number of fused-ring (bicyclic) bond motifs is 1. The van der Waals surface area contributed by atoms with Crippen LogP contribution < -0.4 is 15.7 Å². The number of nitrogens with one attached hydrogen (secondary N) is 1. The highest BCUT2D eigenvalue weighted by Crippen LogP contribution is 2.29. The van der Waals surface area contributed by atoms with Gasteiger partial charge < -0.3 is 10.1 Å². The van der Waals surface area contributed by atoms with Crippen molar-refractivity contribution in [3.8, 4) is 11.4 Å². The Balaban J connectivity index is 1.31. The monoisotopic (exact) mass is 559 g/mol. The van der Waals surface area contributed by atoms with Crippen LogP contribution in [0.1, 0.15) is 48.2 Å². The lowest BCUT2D eigenvalue weighted by Gasteiger charge is -2.29. The standard InChI is InChI=1S/C27H25ClF3N5O3/c1-39-23-7-6-18(11-20(23)29)36-21-8-9-32-13-22(21)35(27(36)38)14-15-2-4-17(5-3-15)34-26(37)19-10-16(28)12-33-24(19)25(30)31/h6-13,15,17,25H,2-5,14H2,1H3,(H,34,37). The molecule has 1 fully saturated rings. The van der Waals surface area contributed by atoms with Crippen molar-refractivity contribution in [2.45, 2.75) is 44.7 Å². The number of hydrogen-bond donors (Lipinski definition) is 1. The molecule has 0 aliphatic heterocycles. The molecule has 0 spiro atoms. The number of carbonyl (C=O) groups is 1. The van der Waals surface area contributed by atoms with Crippen molar-refractivity contribution in [1.29, 1.82) is 0 Å². The van der Waals surface area contributed by atoms with Crippen molar-refractivity contribution in [3.63, 3.8) is 0 Å². The number of imidazole rings is 1. The average molecular weight is 560 g/mol. The van der Waals surface area contributed by atoms with Gasteiger partial charge in [-0.3, -0.25) is 23.9 Å². The minimum absolute atomic E-state index is 0.0816. The molecule has 204 valence electrons. The second-order valence-corrected chi connectivity index (χ2v) is 9.93. The molecule has 1 saturated carbocycles. The van der Waals surface area contributed by atoms with Crippen molar-refractivity contribution < 1.29 is 22.7 Å². The molecule has 12 heteroatoms. The number of alkyl halides is 2. The van der Waals surface area contributed by atoms with Crippen LogP contribution >= 0.6 is 11.6 Å². The summed E-state index contributed by atoms with van der Waals surface area (Å²) in [7, 11) is 1.37. The molecule has 1 amide bonds. The molecule has 4 aromatic rings. The number of hydrogen-bond acceptors (Lipinski definition) is 5. The summed E-state index contributed by atoms with van der Waals surface area (Å²) in [6.07, 6.45) is 4.01. The third-order valence-corrected chi connectivity index (χ3v) is 7.29. The Morgan fingerprint density at radius 2 is 1.92 bits per heavy atom. The number of aromatic nitrogens is 4. The van der Waals surface area contributed by atoms with Crippen molar-refractivity contribution >= 4 is 28.5 Å². The molecule has 0 atom stereocenters. The van der Waals surface area contributed by atoms with E-state index >= 15 is 0 Å². The lowest BCUT2D eigenvalue weighted by atomic mass is 9.85. The van der Waals surface area contributed by atoms with E-state index in [1.54, 1.807) is 29.1 Å². The summed E-state index contributed by atoms with van der Waals surface area (Å²) < 4.78 is 49.1. The molecule has 3 aromatic heterocycles. The Bertz CT molecular complexity index is 1580. The minimum atomic E-state index is -2.90. The smallest absolute Gasteiger partial charge is 0.333 e. The fraction of sp³-hybridized carbons (Fsp3) is 0.333. The highest BCUT2D eigenvalue weighted by Gasteiger charge is 2.27. The van der Waals surface area contributed by atoms with Crippen molar-refractivity contribution in [2.24, 2.45) is 5.92 Å². The Kier molecular flexibility index (Phi) is 7.60. The van der Waals surface area contributed by atoms with Gasteiger partial charge >= 0.3 is 5.69 Å². The molecule has 5 rings (SSSR count). The van der Waals surface area contributed by atoms with Gasteiger partial charge in [-0.1, -0.05) is 11.6 Å². The highest BCUT2D eigenvalue weighted by molar-refractivity contribution is 6.30. The van der Waals surface area contributed by atoms with Crippen LogP contribution in [0.4, 0.5) is 13.2 Å².